The maximum Gasteiger partial charge on any atom is 0.479 e. The van der Waals surface area contributed by atoms with Crippen LogP contribution in [0.15, 0.2) is 11.8 Å². The Morgan fingerprint density at radius 1 is 1.33 bits per heavy atom. The number of hydrogen-bond donors (Lipinski definition) is 0. The Balaban J connectivity index is 2.71. The molecule has 0 N–H and O–H groups in total. The quantitative estimate of drug-likeness (QED) is 0.708. The molecule has 0 aromatic rings. The second-order valence-corrected chi connectivity index (χ2v) is 7.22. The molecule has 0 saturated heterocycles. The normalized spacial score (nSPS) is 19.0. The van der Waals surface area contributed by atoms with E-state index < -0.39 is 34.7 Å². The molecule has 122 valence electrons. The minimum absolute atomic E-state index is 0.159. The van der Waals surface area contributed by atoms with E-state index in [1.165, 1.54) is 11.0 Å². The molecule has 1 heterocycles. The van der Waals surface area contributed by atoms with Crippen molar-refractivity contribution >= 4 is 18.1 Å². The smallest absolute Gasteiger partial charge is 0.444 e. The zero-order valence-corrected chi connectivity index (χ0v) is 13.5. The summed E-state index contributed by atoms with van der Waals surface area (Å²) in [6, 6.07) is 0. The summed E-state index contributed by atoms with van der Waals surface area (Å²) >= 11 is -0.541. The van der Waals surface area contributed by atoms with Gasteiger partial charge < -0.3 is 13.8 Å². The first-order valence-electron chi connectivity index (χ1n) is 6.41. The van der Waals surface area contributed by atoms with Crippen molar-refractivity contribution in [2.75, 3.05) is 13.1 Å². The predicted octanol–water partition coefficient (Wildman–Crippen LogP) is 4.33. The summed E-state index contributed by atoms with van der Waals surface area (Å²) in [5.41, 5.74) is -5.79. The molecule has 0 atom stereocenters. The average Bonchev–Trinajstić information content (AvgIpc) is 2.22. The SMILES string of the molecule is CC(C)(C)OC(=O)N1CC=C(OSC(F)(F)F)C(C)(C)C1. The number of carbonyl (C=O) groups excluding carboxylic acids is 1. The molecule has 1 amide bonds. The second kappa shape index (κ2) is 5.98. The number of halogens is 3. The summed E-state index contributed by atoms with van der Waals surface area (Å²) in [6.45, 7) is 9.08. The van der Waals surface area contributed by atoms with Gasteiger partial charge in [0.25, 0.3) is 0 Å². The lowest BCUT2D eigenvalue weighted by atomic mass is 9.87. The van der Waals surface area contributed by atoms with Crippen LogP contribution in [0.1, 0.15) is 34.6 Å². The second-order valence-electron chi connectivity index (χ2n) is 6.43. The lowest BCUT2D eigenvalue weighted by molar-refractivity contribution is -0.0396. The molecule has 0 saturated carbocycles. The maximum absolute atomic E-state index is 12.2. The molecule has 0 spiro atoms. The zero-order valence-electron chi connectivity index (χ0n) is 12.7. The largest absolute Gasteiger partial charge is 0.479 e. The van der Waals surface area contributed by atoms with Crippen molar-refractivity contribution in [1.82, 2.24) is 4.90 Å². The third-order valence-electron chi connectivity index (χ3n) is 2.63. The number of ether oxygens (including phenoxy) is 1. The van der Waals surface area contributed by atoms with Crippen molar-refractivity contribution < 1.29 is 26.9 Å². The van der Waals surface area contributed by atoms with E-state index in [1.807, 2.05) is 0 Å². The molecule has 1 aliphatic heterocycles. The molecule has 0 radical (unpaired) electrons. The number of amides is 1. The van der Waals surface area contributed by atoms with Gasteiger partial charge in [-0.25, -0.2) is 4.79 Å². The summed E-state index contributed by atoms with van der Waals surface area (Å²) in [5.74, 6) is 0.213. The topological polar surface area (TPSA) is 38.8 Å². The highest BCUT2D eigenvalue weighted by atomic mass is 32.2. The van der Waals surface area contributed by atoms with Crippen LogP contribution < -0.4 is 0 Å². The molecule has 0 bridgehead atoms. The number of hydrogen-bond acceptors (Lipinski definition) is 4. The van der Waals surface area contributed by atoms with Gasteiger partial charge in [-0.05, 0) is 26.8 Å². The van der Waals surface area contributed by atoms with Crippen LogP contribution >= 0.6 is 12.0 Å². The fourth-order valence-corrected chi connectivity index (χ4v) is 2.27. The summed E-state index contributed by atoms with van der Waals surface area (Å²) in [5, 5.41) is 0. The van der Waals surface area contributed by atoms with Gasteiger partial charge in [0.2, 0.25) is 0 Å². The van der Waals surface area contributed by atoms with E-state index in [1.54, 1.807) is 34.6 Å². The summed E-state index contributed by atoms with van der Waals surface area (Å²) in [4.78, 5) is 13.4. The van der Waals surface area contributed by atoms with Crippen molar-refractivity contribution in [3.8, 4) is 0 Å². The Bertz CT molecular complexity index is 427. The van der Waals surface area contributed by atoms with Gasteiger partial charge in [0.05, 0.1) is 0 Å². The Hall–Kier alpha value is -1.05. The molecule has 0 aliphatic carbocycles. The van der Waals surface area contributed by atoms with Crippen molar-refractivity contribution in [3.05, 3.63) is 11.8 Å². The fourth-order valence-electron chi connectivity index (χ4n) is 1.79. The summed E-state index contributed by atoms with van der Waals surface area (Å²) in [7, 11) is 0. The predicted molar refractivity (Wildman–Crippen MR) is 74.4 cm³/mol. The molecule has 0 fully saturated rings. The van der Waals surface area contributed by atoms with E-state index in [4.69, 9.17) is 8.92 Å². The van der Waals surface area contributed by atoms with Gasteiger partial charge in [-0.15, -0.1) is 0 Å². The molecule has 1 aliphatic rings. The van der Waals surface area contributed by atoms with Gasteiger partial charge in [-0.3, -0.25) is 0 Å². The highest BCUT2D eigenvalue weighted by Crippen LogP contribution is 2.40. The highest BCUT2D eigenvalue weighted by molar-refractivity contribution is 7.95. The number of nitrogens with zero attached hydrogens (tertiary/aromatic N) is 1. The van der Waals surface area contributed by atoms with Crippen LogP contribution in [0.3, 0.4) is 0 Å². The third kappa shape index (κ3) is 6.07. The first-order valence-corrected chi connectivity index (χ1v) is 7.15. The first kappa shape index (κ1) is 18.0. The number of alkyl halides is 3. The van der Waals surface area contributed by atoms with Crippen LogP contribution in [-0.4, -0.2) is 35.2 Å². The Kier molecular flexibility index (Phi) is 5.13. The standard InChI is InChI=1S/C13H20F3NO3S/c1-11(2,3)19-10(18)17-7-6-9(12(4,5)8-17)20-21-13(14,15)16/h6H,7-8H2,1-5H3. The van der Waals surface area contributed by atoms with E-state index in [0.29, 0.717) is 0 Å². The monoisotopic (exact) mass is 327 g/mol. The van der Waals surface area contributed by atoms with Crippen molar-refractivity contribution in [1.29, 1.82) is 0 Å². The lowest BCUT2D eigenvalue weighted by Crippen LogP contribution is -2.45. The van der Waals surface area contributed by atoms with Crippen LogP contribution in [0.4, 0.5) is 18.0 Å². The zero-order chi connectivity index (χ0) is 16.5. The van der Waals surface area contributed by atoms with Gasteiger partial charge in [-0.1, -0.05) is 13.8 Å². The van der Waals surface area contributed by atoms with E-state index in [0.717, 1.165) is 0 Å². The summed E-state index contributed by atoms with van der Waals surface area (Å²) < 4.78 is 46.6. The van der Waals surface area contributed by atoms with Crippen molar-refractivity contribution in [2.45, 2.75) is 45.7 Å². The van der Waals surface area contributed by atoms with Gasteiger partial charge >= 0.3 is 11.6 Å². The van der Waals surface area contributed by atoms with E-state index in [-0.39, 0.29) is 18.8 Å². The van der Waals surface area contributed by atoms with Gasteiger partial charge in [0.15, 0.2) is 12.0 Å². The molecular weight excluding hydrogens is 307 g/mol. The Labute approximate surface area is 126 Å². The van der Waals surface area contributed by atoms with E-state index in [2.05, 4.69) is 0 Å². The Morgan fingerprint density at radius 2 is 1.90 bits per heavy atom. The maximum atomic E-state index is 12.2. The minimum atomic E-state index is -4.46. The fraction of sp³-hybridized carbons (Fsp3) is 0.769. The number of carbonyl (C=O) groups is 1. The number of rotatable bonds is 2. The van der Waals surface area contributed by atoms with Gasteiger partial charge in [0.1, 0.15) is 11.4 Å². The molecule has 0 aromatic carbocycles. The summed E-state index contributed by atoms with van der Waals surface area (Å²) in [6.07, 6.45) is 0.987. The highest BCUT2D eigenvalue weighted by Gasteiger charge is 2.38. The minimum Gasteiger partial charge on any atom is -0.444 e. The van der Waals surface area contributed by atoms with E-state index >= 15 is 0 Å². The molecule has 1 rings (SSSR count). The molecular formula is C13H20F3NO3S. The van der Waals surface area contributed by atoms with Gasteiger partial charge in [-0.2, -0.15) is 13.2 Å². The molecule has 0 unspecified atom stereocenters. The van der Waals surface area contributed by atoms with Crippen LogP contribution in [0.25, 0.3) is 0 Å². The molecule has 21 heavy (non-hydrogen) atoms. The van der Waals surface area contributed by atoms with Crippen molar-refractivity contribution in [2.24, 2.45) is 5.41 Å². The van der Waals surface area contributed by atoms with Crippen LogP contribution in [0, 0.1) is 5.41 Å². The lowest BCUT2D eigenvalue weighted by Gasteiger charge is -2.37. The van der Waals surface area contributed by atoms with Gasteiger partial charge in [0, 0.05) is 18.5 Å². The van der Waals surface area contributed by atoms with E-state index in [9.17, 15) is 18.0 Å². The van der Waals surface area contributed by atoms with Crippen molar-refractivity contribution in [3.63, 3.8) is 0 Å². The first-order chi connectivity index (χ1) is 9.30. The third-order valence-corrected chi connectivity index (χ3v) is 3.08. The molecule has 0 aromatic heterocycles. The van der Waals surface area contributed by atoms with Crippen LogP contribution in [0.2, 0.25) is 0 Å². The Morgan fingerprint density at radius 3 is 2.33 bits per heavy atom. The molecule has 8 heteroatoms. The van der Waals surface area contributed by atoms with Crippen LogP contribution in [0.5, 0.6) is 0 Å². The molecule has 4 nitrogen and oxygen atoms in total. The average molecular weight is 327 g/mol. The van der Waals surface area contributed by atoms with Crippen LogP contribution in [-0.2, 0) is 8.92 Å².